The van der Waals surface area contributed by atoms with Gasteiger partial charge >= 0.3 is 12.4 Å². The van der Waals surface area contributed by atoms with Crippen LogP contribution in [0.5, 0.6) is 0 Å². The zero-order valence-corrected chi connectivity index (χ0v) is 21.2. The van der Waals surface area contributed by atoms with Gasteiger partial charge in [-0.15, -0.1) is 0 Å². The molecule has 1 fully saturated rings. The highest BCUT2D eigenvalue weighted by molar-refractivity contribution is 7.92. The largest absolute Gasteiger partial charge is 0.417 e. The number of pyridine rings is 1. The van der Waals surface area contributed by atoms with Gasteiger partial charge < -0.3 is 5.32 Å². The summed E-state index contributed by atoms with van der Waals surface area (Å²) in [5, 5.41) is 2.43. The maximum absolute atomic E-state index is 13.2. The van der Waals surface area contributed by atoms with E-state index < -0.39 is 81.3 Å². The van der Waals surface area contributed by atoms with Gasteiger partial charge in [-0.05, 0) is 56.9 Å². The molecule has 1 aromatic carbocycles. The monoisotopic (exact) mass is 572 g/mol. The van der Waals surface area contributed by atoms with E-state index >= 15 is 0 Å². The second-order valence-corrected chi connectivity index (χ2v) is 13.8. The van der Waals surface area contributed by atoms with Crippen LogP contribution in [0.15, 0.2) is 46.3 Å². The molecule has 0 aliphatic heterocycles. The second-order valence-electron chi connectivity index (χ2n) is 9.31. The fraction of sp³-hybridized carbons (Fsp3) is 0.455. The number of carbonyl (C=O) groups is 1. The van der Waals surface area contributed by atoms with Crippen molar-refractivity contribution in [2.24, 2.45) is 5.92 Å². The summed E-state index contributed by atoms with van der Waals surface area (Å²) in [5.74, 6) is -1.65. The Morgan fingerprint density at radius 2 is 1.51 bits per heavy atom. The van der Waals surface area contributed by atoms with E-state index in [2.05, 4.69) is 10.3 Å². The number of alkyl halides is 6. The van der Waals surface area contributed by atoms with Crippen LogP contribution in [-0.4, -0.2) is 44.8 Å². The third-order valence-electron chi connectivity index (χ3n) is 6.42. The molecule has 1 N–H and O–H groups in total. The highest BCUT2D eigenvalue weighted by Crippen LogP contribution is 2.44. The van der Waals surface area contributed by atoms with Crippen molar-refractivity contribution in [1.82, 2.24) is 10.3 Å². The summed E-state index contributed by atoms with van der Waals surface area (Å²) in [5.41, 5.74) is -3.21. The average Bonchev–Trinajstić information content (AvgIpc) is 2.73. The summed E-state index contributed by atoms with van der Waals surface area (Å²) >= 11 is 0. The molecule has 37 heavy (non-hydrogen) atoms. The zero-order valence-electron chi connectivity index (χ0n) is 19.6. The molecular formula is C22H22F6N2O5S2. The molecular weight excluding hydrogens is 550 g/mol. The number of rotatable bonds is 6. The van der Waals surface area contributed by atoms with E-state index in [9.17, 15) is 48.0 Å². The summed E-state index contributed by atoms with van der Waals surface area (Å²) in [6, 6.07) is 3.01. The number of carbonyl (C=O) groups excluding carboxylic acids is 1. The average molecular weight is 573 g/mol. The van der Waals surface area contributed by atoms with Crippen LogP contribution in [-0.2, 0) is 32.0 Å². The van der Waals surface area contributed by atoms with E-state index in [0.29, 0.717) is 24.6 Å². The Morgan fingerprint density at radius 1 is 0.946 bits per heavy atom. The molecule has 0 bridgehead atoms. The van der Waals surface area contributed by atoms with Gasteiger partial charge in [0.15, 0.2) is 19.7 Å². The van der Waals surface area contributed by atoms with Crippen LogP contribution in [0.2, 0.25) is 0 Å². The molecule has 0 atom stereocenters. The maximum atomic E-state index is 13.2. The topological polar surface area (TPSA) is 110 Å². The number of halogens is 6. The first-order valence-electron chi connectivity index (χ1n) is 10.7. The molecule has 1 aliphatic rings. The van der Waals surface area contributed by atoms with E-state index in [1.807, 2.05) is 0 Å². The van der Waals surface area contributed by atoms with Gasteiger partial charge in [0, 0.05) is 18.5 Å². The van der Waals surface area contributed by atoms with E-state index in [0.717, 1.165) is 18.2 Å². The molecule has 2 aromatic rings. The Labute approximate surface area is 209 Å². The molecule has 7 nitrogen and oxygen atoms in total. The van der Waals surface area contributed by atoms with Gasteiger partial charge in [0.05, 0.1) is 25.7 Å². The lowest BCUT2D eigenvalue weighted by Crippen LogP contribution is -2.53. The predicted octanol–water partition coefficient (Wildman–Crippen LogP) is 4.28. The van der Waals surface area contributed by atoms with Crippen LogP contribution >= 0.6 is 0 Å². The SMILES string of the molecule is CC(C)([C@H]1C[C@H](NC(=O)c2ncc(C(F)(F)F)cc2S(C)(=O)=O)C1)S(=O)(=O)c1cccc(C(F)(F)F)c1. The summed E-state index contributed by atoms with van der Waals surface area (Å²) in [6.45, 7) is 2.70. The normalized spacial score (nSPS) is 19.3. The Bertz CT molecular complexity index is 1430. The number of hydrogen-bond donors (Lipinski definition) is 1. The van der Waals surface area contributed by atoms with E-state index in [1.165, 1.54) is 13.8 Å². The molecule has 0 saturated heterocycles. The molecule has 1 saturated carbocycles. The number of hydrogen-bond acceptors (Lipinski definition) is 6. The summed E-state index contributed by atoms with van der Waals surface area (Å²) in [4.78, 5) is 14.6. The molecule has 1 aromatic heterocycles. The number of benzene rings is 1. The van der Waals surface area contributed by atoms with Gasteiger partial charge in [0.25, 0.3) is 5.91 Å². The van der Waals surface area contributed by atoms with Crippen molar-refractivity contribution in [3.05, 3.63) is 53.3 Å². The minimum Gasteiger partial charge on any atom is -0.348 e. The first-order chi connectivity index (χ1) is 16.7. The van der Waals surface area contributed by atoms with Gasteiger partial charge in [-0.25, -0.2) is 21.8 Å². The van der Waals surface area contributed by atoms with Crippen LogP contribution in [0.25, 0.3) is 0 Å². The van der Waals surface area contributed by atoms with Crippen molar-refractivity contribution in [2.75, 3.05) is 6.26 Å². The Morgan fingerprint density at radius 3 is 2.03 bits per heavy atom. The third-order valence-corrected chi connectivity index (χ3v) is 10.1. The van der Waals surface area contributed by atoms with Crippen LogP contribution < -0.4 is 5.32 Å². The minimum atomic E-state index is -4.89. The maximum Gasteiger partial charge on any atom is 0.417 e. The Hall–Kier alpha value is -2.68. The summed E-state index contributed by atoms with van der Waals surface area (Å²) in [6.07, 6.45) is -8.52. The summed E-state index contributed by atoms with van der Waals surface area (Å²) < 4.78 is 127. The number of amides is 1. The molecule has 1 aliphatic carbocycles. The number of aromatic nitrogens is 1. The van der Waals surface area contributed by atoms with Gasteiger partial charge in [-0.1, -0.05) is 6.07 Å². The quantitative estimate of drug-likeness (QED) is 0.518. The van der Waals surface area contributed by atoms with Crippen molar-refractivity contribution in [3.8, 4) is 0 Å². The van der Waals surface area contributed by atoms with Crippen molar-refractivity contribution in [3.63, 3.8) is 0 Å². The van der Waals surface area contributed by atoms with Crippen molar-refractivity contribution in [1.29, 1.82) is 0 Å². The lowest BCUT2D eigenvalue weighted by atomic mass is 9.73. The zero-order chi connectivity index (χ0) is 28.2. The molecule has 0 radical (unpaired) electrons. The predicted molar refractivity (Wildman–Crippen MR) is 119 cm³/mol. The van der Waals surface area contributed by atoms with Crippen LogP contribution in [0.3, 0.4) is 0 Å². The second kappa shape index (κ2) is 9.26. The van der Waals surface area contributed by atoms with Crippen molar-refractivity contribution < 1.29 is 48.0 Å². The van der Waals surface area contributed by atoms with Gasteiger partial charge in [0.1, 0.15) is 5.69 Å². The summed E-state index contributed by atoms with van der Waals surface area (Å²) in [7, 11) is -8.51. The van der Waals surface area contributed by atoms with E-state index in [4.69, 9.17) is 0 Å². The molecule has 3 rings (SSSR count). The Balaban J connectivity index is 1.77. The van der Waals surface area contributed by atoms with Crippen LogP contribution in [0, 0.1) is 5.92 Å². The lowest BCUT2D eigenvalue weighted by molar-refractivity contribution is -0.138. The number of nitrogens with one attached hydrogen (secondary N) is 1. The van der Waals surface area contributed by atoms with Gasteiger partial charge in [-0.2, -0.15) is 26.3 Å². The number of sulfone groups is 2. The first-order valence-corrected chi connectivity index (χ1v) is 14.0. The third kappa shape index (κ3) is 5.76. The van der Waals surface area contributed by atoms with Gasteiger partial charge in [0.2, 0.25) is 0 Å². The van der Waals surface area contributed by atoms with E-state index in [1.54, 1.807) is 0 Å². The van der Waals surface area contributed by atoms with Crippen molar-refractivity contribution >= 4 is 25.6 Å². The Kier molecular flexibility index (Phi) is 7.23. The van der Waals surface area contributed by atoms with Crippen molar-refractivity contribution in [2.45, 2.75) is 59.6 Å². The van der Waals surface area contributed by atoms with Gasteiger partial charge in [-0.3, -0.25) is 4.79 Å². The standard InChI is InChI=1S/C22H22F6N2O5S2/c1-20(2,37(34,35)16-6-4-5-12(9-16)21(23,24)25)13-7-15(8-13)30-19(31)18-17(36(3,32)33)10-14(11-29-18)22(26,27)28/h4-6,9-11,13,15H,7-8H2,1-3H3,(H,30,31)/t13-,15-. The van der Waals surface area contributed by atoms with E-state index in [-0.39, 0.29) is 12.8 Å². The smallest absolute Gasteiger partial charge is 0.348 e. The fourth-order valence-corrected chi connectivity index (χ4v) is 6.59. The minimum absolute atomic E-state index is 0.0752. The molecule has 15 heteroatoms. The number of nitrogens with zero attached hydrogens (tertiary/aromatic N) is 1. The molecule has 204 valence electrons. The highest BCUT2D eigenvalue weighted by atomic mass is 32.2. The first kappa shape index (κ1) is 28.9. The fourth-order valence-electron chi connectivity index (χ4n) is 3.97. The lowest BCUT2D eigenvalue weighted by Gasteiger charge is -2.44. The molecule has 1 amide bonds. The van der Waals surface area contributed by atoms with Crippen LogP contribution in [0.1, 0.15) is 48.3 Å². The highest BCUT2D eigenvalue weighted by Gasteiger charge is 2.49. The van der Waals surface area contributed by atoms with Crippen LogP contribution in [0.4, 0.5) is 26.3 Å². The molecule has 1 heterocycles. The molecule has 0 spiro atoms. The molecule has 0 unspecified atom stereocenters.